The maximum absolute atomic E-state index is 9.58. The minimum Gasteiger partial charge on any atom is -0.497 e. The van der Waals surface area contributed by atoms with Crippen LogP contribution < -0.4 is 19.5 Å². The van der Waals surface area contributed by atoms with Crippen molar-refractivity contribution in [3.8, 4) is 17.2 Å². The van der Waals surface area contributed by atoms with Crippen molar-refractivity contribution < 1.29 is 41.8 Å². The van der Waals surface area contributed by atoms with E-state index in [1.807, 2.05) is 129 Å². The van der Waals surface area contributed by atoms with Gasteiger partial charge in [-0.2, -0.15) is 0 Å². The normalized spacial score (nSPS) is 17.5. The first kappa shape index (κ1) is 48.6. The second-order valence-electron chi connectivity index (χ2n) is 19.8. The van der Waals surface area contributed by atoms with E-state index in [0.29, 0.717) is 23.8 Å². The van der Waals surface area contributed by atoms with E-state index in [1.54, 1.807) is 14.2 Å². The minimum atomic E-state index is -3.66. The minimum absolute atomic E-state index is 0.00710. The van der Waals surface area contributed by atoms with Gasteiger partial charge < -0.3 is 47.1 Å². The van der Waals surface area contributed by atoms with Crippen LogP contribution in [0.5, 0.6) is 17.2 Å². The van der Waals surface area contributed by atoms with E-state index >= 15 is 0 Å². The van der Waals surface area contributed by atoms with Crippen molar-refractivity contribution >= 4 is 26.6 Å². The number of aliphatic hydroxyl groups excluding tert-OH is 1. The van der Waals surface area contributed by atoms with Crippen molar-refractivity contribution in [3.63, 3.8) is 0 Å². The molecule has 6 rings (SSSR count). The molecule has 1 aliphatic heterocycles. The van der Waals surface area contributed by atoms with Crippen molar-refractivity contribution in [2.45, 2.75) is 111 Å². The summed E-state index contributed by atoms with van der Waals surface area (Å²) in [7, 11) is -0.352. The molecule has 10 nitrogen and oxygen atoms in total. The SMILES string of the molecule is COc1ccc(C2(c3ccc(OCCO[Si](OC(C)(C)C)(OC(C)(C)C)OC(C)(C)C)cc3)C=CC(C3=Cc4ccc(C)cc4C3(C)C)=C(c3ccc(NCCO)c(OC)c3)O2)cc1. The molecule has 0 fully saturated rings. The number of aliphatic hydroxyl groups is 1. The van der Waals surface area contributed by atoms with Crippen molar-refractivity contribution in [1.82, 2.24) is 0 Å². The number of aryl methyl sites for hydroxylation is 1. The molecule has 11 heteroatoms. The Morgan fingerprint density at radius 2 is 1.30 bits per heavy atom. The zero-order valence-electron chi connectivity index (χ0n) is 40.4. The maximum Gasteiger partial charge on any atom is 0.681 e. The Balaban J connectivity index is 1.38. The average molecular weight is 892 g/mol. The summed E-state index contributed by atoms with van der Waals surface area (Å²) >= 11 is 0. The quantitative estimate of drug-likeness (QED) is 0.0786. The fourth-order valence-electron chi connectivity index (χ4n) is 8.07. The zero-order valence-corrected chi connectivity index (χ0v) is 41.4. The Morgan fingerprint density at radius 1 is 0.703 bits per heavy atom. The van der Waals surface area contributed by atoms with Crippen molar-refractivity contribution in [2.24, 2.45) is 0 Å². The molecule has 2 aliphatic rings. The highest BCUT2D eigenvalue weighted by molar-refractivity contribution is 6.54. The fourth-order valence-corrected chi connectivity index (χ4v) is 11.0. The summed E-state index contributed by atoms with van der Waals surface area (Å²) in [5.74, 6) is 2.73. The Morgan fingerprint density at radius 3 is 1.84 bits per heavy atom. The second-order valence-corrected chi connectivity index (χ2v) is 21.7. The van der Waals surface area contributed by atoms with E-state index < -0.39 is 31.5 Å². The lowest BCUT2D eigenvalue weighted by Gasteiger charge is -2.41. The van der Waals surface area contributed by atoms with Crippen LogP contribution in [0.4, 0.5) is 5.69 Å². The van der Waals surface area contributed by atoms with Crippen LogP contribution >= 0.6 is 0 Å². The number of rotatable bonds is 17. The Labute approximate surface area is 382 Å². The fraction of sp³-hybridized carbons (Fsp3) is 0.434. The van der Waals surface area contributed by atoms with E-state index in [-0.39, 0.29) is 25.2 Å². The van der Waals surface area contributed by atoms with Crippen LogP contribution in [0, 0.1) is 6.92 Å². The van der Waals surface area contributed by atoms with Gasteiger partial charge in [0.25, 0.3) is 0 Å². The van der Waals surface area contributed by atoms with Gasteiger partial charge in [0.2, 0.25) is 0 Å². The van der Waals surface area contributed by atoms with Crippen LogP contribution in [0.15, 0.2) is 108 Å². The molecule has 0 aromatic heterocycles. The summed E-state index contributed by atoms with van der Waals surface area (Å²) in [4.78, 5) is 0. The van der Waals surface area contributed by atoms with E-state index in [2.05, 4.69) is 62.5 Å². The molecule has 64 heavy (non-hydrogen) atoms. The summed E-state index contributed by atoms with van der Waals surface area (Å²) in [5.41, 5.74) is 6.11. The number of nitrogens with one attached hydrogen (secondary N) is 1. The molecule has 344 valence electrons. The van der Waals surface area contributed by atoms with Gasteiger partial charge in [0.15, 0.2) is 5.60 Å². The average Bonchev–Trinajstić information content (AvgIpc) is 3.48. The smallest absolute Gasteiger partial charge is 0.497 e. The molecule has 4 aromatic carbocycles. The number of benzene rings is 4. The van der Waals surface area contributed by atoms with E-state index in [9.17, 15) is 5.11 Å². The molecular weight excluding hydrogens is 823 g/mol. The lowest BCUT2D eigenvalue weighted by atomic mass is 9.75. The zero-order chi connectivity index (χ0) is 46.7. The van der Waals surface area contributed by atoms with Crippen LogP contribution in [0.3, 0.4) is 0 Å². The van der Waals surface area contributed by atoms with E-state index in [1.165, 1.54) is 16.7 Å². The van der Waals surface area contributed by atoms with Gasteiger partial charge in [-0.15, -0.1) is 0 Å². The Hall–Kier alpha value is -4.88. The lowest BCUT2D eigenvalue weighted by Crippen LogP contribution is -2.59. The first-order chi connectivity index (χ1) is 30.0. The summed E-state index contributed by atoms with van der Waals surface area (Å²) < 4.78 is 51.3. The first-order valence-corrected chi connectivity index (χ1v) is 23.8. The number of anilines is 1. The van der Waals surface area contributed by atoms with Gasteiger partial charge in [0.05, 0.1) is 49.9 Å². The highest BCUT2D eigenvalue weighted by atomic mass is 28.4. The topological polar surface area (TPSA) is 106 Å². The number of allylic oxidation sites excluding steroid dienone is 3. The Bertz CT molecular complexity index is 2300. The number of fused-ring (bicyclic) bond motifs is 1. The molecular formula is C53H69NO9Si. The number of ether oxygens (including phenoxy) is 4. The van der Waals surface area contributed by atoms with Gasteiger partial charge in [-0.25, -0.2) is 0 Å². The van der Waals surface area contributed by atoms with E-state index in [4.69, 9.17) is 36.7 Å². The van der Waals surface area contributed by atoms with Gasteiger partial charge in [-0.3, -0.25) is 0 Å². The second kappa shape index (κ2) is 18.9. The summed E-state index contributed by atoms with van der Waals surface area (Å²) in [6.07, 6.45) is 6.65. The maximum atomic E-state index is 9.58. The van der Waals surface area contributed by atoms with Crippen LogP contribution in [0.1, 0.15) is 110 Å². The third kappa shape index (κ3) is 11.3. The van der Waals surface area contributed by atoms with Gasteiger partial charge >= 0.3 is 9.05 Å². The molecule has 0 amide bonds. The molecule has 1 aliphatic carbocycles. The molecule has 0 bridgehead atoms. The summed E-state index contributed by atoms with van der Waals surface area (Å²) in [6.45, 7) is 25.2. The third-order valence-electron chi connectivity index (χ3n) is 10.8. The number of hydrogen-bond donors (Lipinski definition) is 2. The summed E-state index contributed by atoms with van der Waals surface area (Å²) in [5, 5.41) is 12.8. The molecule has 0 spiro atoms. The first-order valence-electron chi connectivity index (χ1n) is 22.1. The predicted molar refractivity (Wildman–Crippen MR) is 258 cm³/mol. The molecule has 2 N–H and O–H groups in total. The highest BCUT2D eigenvalue weighted by Gasteiger charge is 2.54. The van der Waals surface area contributed by atoms with Crippen molar-refractivity contribution in [2.75, 3.05) is 45.9 Å². The van der Waals surface area contributed by atoms with Gasteiger partial charge in [-0.1, -0.05) is 68.0 Å². The highest BCUT2D eigenvalue weighted by Crippen LogP contribution is 2.52. The molecule has 0 saturated carbocycles. The van der Waals surface area contributed by atoms with Crippen LogP contribution in [-0.4, -0.2) is 71.5 Å². The molecule has 4 aromatic rings. The molecule has 0 radical (unpaired) electrons. The van der Waals surface area contributed by atoms with Gasteiger partial charge in [-0.05, 0) is 141 Å². The van der Waals surface area contributed by atoms with Gasteiger partial charge in [0.1, 0.15) is 29.6 Å². The number of hydrogen-bond acceptors (Lipinski definition) is 10. The van der Waals surface area contributed by atoms with Crippen molar-refractivity contribution in [1.29, 1.82) is 0 Å². The Kier molecular flexibility index (Phi) is 14.4. The lowest BCUT2D eigenvalue weighted by molar-refractivity contribution is -0.135. The van der Waals surface area contributed by atoms with Crippen LogP contribution in [0.25, 0.3) is 11.8 Å². The molecule has 1 atom stereocenters. The van der Waals surface area contributed by atoms with Gasteiger partial charge in [0, 0.05) is 34.2 Å². The molecule has 1 unspecified atom stereocenters. The van der Waals surface area contributed by atoms with E-state index in [0.717, 1.165) is 39.3 Å². The van der Waals surface area contributed by atoms with Crippen LogP contribution in [0.2, 0.25) is 0 Å². The molecule has 0 saturated heterocycles. The van der Waals surface area contributed by atoms with Crippen molar-refractivity contribution in [3.05, 3.63) is 142 Å². The third-order valence-corrected chi connectivity index (χ3v) is 13.9. The largest absolute Gasteiger partial charge is 0.681 e. The number of methoxy groups -OCH3 is 2. The standard InChI is InChI=1S/C53H69NO9Si/c1-36-15-16-37-34-45(52(11,12)44(37)33-36)43-27-28-53(39-18-22-41(56-13)23-19-39,60-48(43)38-17-26-46(54-29-30-55)47(35-38)57-14)40-20-24-42(25-21-40)58-31-32-59-64(61-49(2,3)4,62-50(5,6)7)63-51(8,9)10/h15-28,33-35,54-55H,29-32H2,1-14H3. The monoisotopic (exact) mass is 891 g/mol. The molecule has 1 heterocycles. The predicted octanol–water partition coefficient (Wildman–Crippen LogP) is 11.3. The summed E-state index contributed by atoms with van der Waals surface area (Å²) in [6, 6.07) is 28.6. The van der Waals surface area contributed by atoms with Crippen LogP contribution in [-0.2, 0) is 33.5 Å².